The van der Waals surface area contributed by atoms with Gasteiger partial charge in [-0.3, -0.25) is 4.90 Å². The maximum atomic E-state index is 5.93. The van der Waals surface area contributed by atoms with E-state index in [0.717, 1.165) is 38.4 Å². The Bertz CT molecular complexity index is 692. The molecule has 3 rings (SSSR count). The van der Waals surface area contributed by atoms with E-state index >= 15 is 0 Å². The number of nitrogens with zero attached hydrogens (tertiary/aromatic N) is 1. The molecule has 1 aliphatic rings. The first-order valence-electron chi connectivity index (χ1n) is 9.32. The Morgan fingerprint density at radius 3 is 2.48 bits per heavy atom. The Hall–Kier alpha value is -1.84. The first kappa shape index (κ1) is 18.0. The molecular weight excluding hydrogens is 308 g/mol. The summed E-state index contributed by atoms with van der Waals surface area (Å²) in [6, 6.07) is 15.4. The van der Waals surface area contributed by atoms with E-state index in [9.17, 15) is 0 Å². The fourth-order valence-electron chi connectivity index (χ4n) is 3.26. The monoisotopic (exact) mass is 338 g/mol. The minimum absolute atomic E-state index is 0.100. The number of benzene rings is 2. The van der Waals surface area contributed by atoms with Crippen molar-refractivity contribution in [1.29, 1.82) is 0 Å². The van der Waals surface area contributed by atoms with Gasteiger partial charge in [-0.15, -0.1) is 0 Å². The minimum Gasteiger partial charge on any atom is -0.493 e. The van der Waals surface area contributed by atoms with E-state index in [1.807, 2.05) is 6.92 Å². The van der Waals surface area contributed by atoms with Crippen LogP contribution in [0.4, 0.5) is 0 Å². The number of hydrogen-bond donors (Lipinski definition) is 1. The Kier molecular flexibility index (Phi) is 5.77. The quantitative estimate of drug-likeness (QED) is 0.853. The normalized spacial score (nSPS) is 15.9. The van der Waals surface area contributed by atoms with Crippen molar-refractivity contribution < 1.29 is 4.74 Å². The summed E-state index contributed by atoms with van der Waals surface area (Å²) in [7, 11) is 0. The average Bonchev–Trinajstić information content (AvgIpc) is 2.60. The summed E-state index contributed by atoms with van der Waals surface area (Å²) in [5.74, 6) is 1.56. The smallest absolute Gasteiger partial charge is 0.119 e. The topological polar surface area (TPSA) is 38.5 Å². The van der Waals surface area contributed by atoms with Crippen molar-refractivity contribution in [3.05, 3.63) is 64.7 Å². The van der Waals surface area contributed by atoms with Gasteiger partial charge in [-0.2, -0.15) is 0 Å². The lowest BCUT2D eigenvalue weighted by atomic mass is 9.98. The summed E-state index contributed by atoms with van der Waals surface area (Å²) in [5, 5.41) is 0. The second-order valence-corrected chi connectivity index (χ2v) is 7.63. The first-order chi connectivity index (χ1) is 12.0. The summed E-state index contributed by atoms with van der Waals surface area (Å²) in [6.07, 6.45) is 1.09. The fourth-order valence-corrected chi connectivity index (χ4v) is 3.26. The Morgan fingerprint density at radius 2 is 1.80 bits per heavy atom. The lowest BCUT2D eigenvalue weighted by Gasteiger charge is -2.29. The summed E-state index contributed by atoms with van der Waals surface area (Å²) in [5.41, 5.74) is 11.3. The summed E-state index contributed by atoms with van der Waals surface area (Å²) in [4.78, 5) is 2.51. The Morgan fingerprint density at radius 1 is 1.04 bits per heavy atom. The van der Waals surface area contributed by atoms with Gasteiger partial charge in [0.25, 0.3) is 0 Å². The predicted octanol–water partition coefficient (Wildman–Crippen LogP) is 4.30. The molecule has 0 spiro atoms. The zero-order valence-corrected chi connectivity index (χ0v) is 15.7. The molecule has 0 saturated carbocycles. The van der Waals surface area contributed by atoms with Crippen LogP contribution in [0.1, 0.15) is 49.1 Å². The third kappa shape index (κ3) is 4.83. The zero-order chi connectivity index (χ0) is 17.8. The molecule has 3 heteroatoms. The van der Waals surface area contributed by atoms with Gasteiger partial charge in [0.05, 0.1) is 6.61 Å². The maximum Gasteiger partial charge on any atom is 0.119 e. The van der Waals surface area contributed by atoms with Crippen molar-refractivity contribution in [3.63, 3.8) is 0 Å². The molecule has 1 aliphatic heterocycles. The van der Waals surface area contributed by atoms with Crippen LogP contribution in [-0.2, 0) is 19.5 Å². The van der Waals surface area contributed by atoms with Crippen molar-refractivity contribution in [2.75, 3.05) is 13.2 Å². The van der Waals surface area contributed by atoms with Gasteiger partial charge in [-0.05, 0) is 53.6 Å². The molecule has 0 aromatic heterocycles. The predicted molar refractivity (Wildman–Crippen MR) is 104 cm³/mol. The largest absolute Gasteiger partial charge is 0.493 e. The molecule has 1 atom stereocenters. The highest BCUT2D eigenvalue weighted by Gasteiger charge is 2.17. The first-order valence-corrected chi connectivity index (χ1v) is 9.32. The van der Waals surface area contributed by atoms with Crippen molar-refractivity contribution in [1.82, 2.24) is 4.90 Å². The molecule has 0 bridgehead atoms. The van der Waals surface area contributed by atoms with E-state index in [0.29, 0.717) is 5.92 Å². The summed E-state index contributed by atoms with van der Waals surface area (Å²) in [6.45, 7) is 10.3. The van der Waals surface area contributed by atoms with E-state index < -0.39 is 0 Å². The molecular formula is C22H30N2O. The van der Waals surface area contributed by atoms with Gasteiger partial charge >= 0.3 is 0 Å². The lowest BCUT2D eigenvalue weighted by Crippen LogP contribution is -2.30. The third-order valence-corrected chi connectivity index (χ3v) is 4.76. The van der Waals surface area contributed by atoms with Crippen LogP contribution >= 0.6 is 0 Å². The standard InChI is InChI=1S/C22H30N2O/c1-16(2)15-25-22-9-8-21-14-24(11-10-20(21)12-22)13-18-4-6-19(7-5-18)17(3)23/h4-9,12,16-17H,10-11,13-15,23H2,1-3H3/t17-/m0/s1. The molecule has 0 fully saturated rings. The maximum absolute atomic E-state index is 5.93. The molecule has 25 heavy (non-hydrogen) atoms. The molecule has 1 heterocycles. The second-order valence-electron chi connectivity index (χ2n) is 7.63. The number of fused-ring (bicyclic) bond motifs is 1. The number of hydrogen-bond acceptors (Lipinski definition) is 3. The fraction of sp³-hybridized carbons (Fsp3) is 0.455. The van der Waals surface area contributed by atoms with Crippen molar-refractivity contribution >= 4 is 0 Å². The molecule has 0 amide bonds. The van der Waals surface area contributed by atoms with Crippen LogP contribution in [0.15, 0.2) is 42.5 Å². The molecule has 0 unspecified atom stereocenters. The highest BCUT2D eigenvalue weighted by molar-refractivity contribution is 5.37. The van der Waals surface area contributed by atoms with Gasteiger partial charge in [0, 0.05) is 25.7 Å². The summed E-state index contributed by atoms with van der Waals surface area (Å²) < 4.78 is 5.86. The van der Waals surface area contributed by atoms with Crippen LogP contribution in [0, 0.1) is 5.92 Å². The van der Waals surface area contributed by atoms with E-state index in [1.165, 1.54) is 22.3 Å². The average molecular weight is 338 g/mol. The second kappa shape index (κ2) is 8.03. The molecule has 134 valence electrons. The van der Waals surface area contributed by atoms with Gasteiger partial charge in [0.1, 0.15) is 5.75 Å². The highest BCUT2D eigenvalue weighted by Crippen LogP contribution is 2.25. The molecule has 0 aliphatic carbocycles. The van der Waals surface area contributed by atoms with Crippen molar-refractivity contribution in [3.8, 4) is 5.75 Å². The number of rotatable bonds is 6. The van der Waals surface area contributed by atoms with Gasteiger partial charge in [0.2, 0.25) is 0 Å². The molecule has 2 aromatic rings. The van der Waals surface area contributed by atoms with Gasteiger partial charge in [0.15, 0.2) is 0 Å². The third-order valence-electron chi connectivity index (χ3n) is 4.76. The summed E-state index contributed by atoms with van der Waals surface area (Å²) >= 11 is 0. The number of nitrogens with two attached hydrogens (primary N) is 1. The Labute approximate surface area is 151 Å². The van der Waals surface area contributed by atoms with Crippen LogP contribution < -0.4 is 10.5 Å². The van der Waals surface area contributed by atoms with Crippen LogP contribution in [0.2, 0.25) is 0 Å². The SMILES string of the molecule is CC(C)COc1ccc2c(c1)CCN(Cc1ccc([C@H](C)N)cc1)C2. The lowest BCUT2D eigenvalue weighted by molar-refractivity contribution is 0.243. The van der Waals surface area contributed by atoms with E-state index in [-0.39, 0.29) is 6.04 Å². The van der Waals surface area contributed by atoms with Crippen LogP contribution in [-0.4, -0.2) is 18.1 Å². The highest BCUT2D eigenvalue weighted by atomic mass is 16.5. The van der Waals surface area contributed by atoms with Gasteiger partial charge < -0.3 is 10.5 Å². The van der Waals surface area contributed by atoms with E-state index in [4.69, 9.17) is 10.5 Å². The van der Waals surface area contributed by atoms with Crippen molar-refractivity contribution in [2.45, 2.75) is 46.3 Å². The van der Waals surface area contributed by atoms with E-state index in [1.54, 1.807) is 0 Å². The molecule has 0 radical (unpaired) electrons. The van der Waals surface area contributed by atoms with Gasteiger partial charge in [-0.25, -0.2) is 0 Å². The van der Waals surface area contributed by atoms with E-state index in [2.05, 4.69) is 61.2 Å². The molecule has 0 saturated heterocycles. The van der Waals surface area contributed by atoms with Crippen LogP contribution in [0.5, 0.6) is 5.75 Å². The van der Waals surface area contributed by atoms with Crippen molar-refractivity contribution in [2.24, 2.45) is 11.7 Å². The Balaban J connectivity index is 1.61. The van der Waals surface area contributed by atoms with Crippen LogP contribution in [0.25, 0.3) is 0 Å². The molecule has 2 N–H and O–H groups in total. The van der Waals surface area contributed by atoms with Gasteiger partial charge in [-0.1, -0.05) is 44.2 Å². The zero-order valence-electron chi connectivity index (χ0n) is 15.7. The molecule has 2 aromatic carbocycles. The minimum atomic E-state index is 0.100. The van der Waals surface area contributed by atoms with Crippen LogP contribution in [0.3, 0.4) is 0 Å². The number of ether oxygens (including phenoxy) is 1. The molecule has 3 nitrogen and oxygen atoms in total.